The summed E-state index contributed by atoms with van der Waals surface area (Å²) in [6.07, 6.45) is 0.570. The predicted octanol–water partition coefficient (Wildman–Crippen LogP) is 1.07. The van der Waals surface area contributed by atoms with E-state index in [0.717, 1.165) is 0 Å². The fourth-order valence-electron chi connectivity index (χ4n) is 2.17. The second-order valence-corrected chi connectivity index (χ2v) is 5.62. The Labute approximate surface area is 131 Å². The summed E-state index contributed by atoms with van der Waals surface area (Å²) in [6.45, 7) is 3.57. The van der Waals surface area contributed by atoms with Gasteiger partial charge in [-0.3, -0.25) is 4.79 Å². The number of hydrogen-bond donors (Lipinski definition) is 2. The molecule has 120 valence electrons. The molecule has 0 aliphatic rings. The van der Waals surface area contributed by atoms with Gasteiger partial charge in [0.1, 0.15) is 15.5 Å². The molecule has 0 aliphatic carbocycles. The van der Waals surface area contributed by atoms with Crippen LogP contribution in [0, 0.1) is 0 Å². The van der Waals surface area contributed by atoms with Crippen LogP contribution in [0.25, 0.3) is 10.2 Å². The van der Waals surface area contributed by atoms with E-state index < -0.39 is 5.97 Å². The lowest BCUT2D eigenvalue weighted by Gasteiger charge is -2.03. The number of methoxy groups -OCH3 is 2. The zero-order valence-electron chi connectivity index (χ0n) is 12.8. The van der Waals surface area contributed by atoms with E-state index in [2.05, 4.69) is 15.3 Å². The molecule has 2 aromatic heterocycles. The van der Waals surface area contributed by atoms with Crippen LogP contribution in [0.2, 0.25) is 0 Å². The molecule has 8 heteroatoms. The molecule has 0 saturated heterocycles. The van der Waals surface area contributed by atoms with Crippen LogP contribution >= 0.6 is 11.3 Å². The van der Waals surface area contributed by atoms with Crippen LogP contribution < -0.4 is 10.9 Å². The quantitative estimate of drug-likeness (QED) is 0.584. The van der Waals surface area contributed by atoms with E-state index >= 15 is 0 Å². The van der Waals surface area contributed by atoms with E-state index in [4.69, 9.17) is 9.47 Å². The van der Waals surface area contributed by atoms with Crippen LogP contribution in [0.3, 0.4) is 0 Å². The maximum Gasteiger partial charge on any atom is 0.348 e. The lowest BCUT2D eigenvalue weighted by Crippen LogP contribution is -2.22. The summed E-state index contributed by atoms with van der Waals surface area (Å²) >= 11 is 1.20. The highest BCUT2D eigenvalue weighted by Gasteiger charge is 2.21. The second kappa shape index (κ2) is 7.48. The number of fused-ring (bicyclic) bond motifs is 1. The van der Waals surface area contributed by atoms with Crippen LogP contribution in [0.4, 0.5) is 0 Å². The topological polar surface area (TPSA) is 93.3 Å². The Hall–Kier alpha value is -1.77. The summed E-state index contributed by atoms with van der Waals surface area (Å²) < 4.78 is 9.72. The third-order valence-corrected chi connectivity index (χ3v) is 4.32. The minimum absolute atomic E-state index is 0.225. The van der Waals surface area contributed by atoms with E-state index in [-0.39, 0.29) is 5.56 Å². The molecular weight excluding hydrogens is 306 g/mol. The number of rotatable bonds is 7. The Morgan fingerprint density at radius 2 is 2.18 bits per heavy atom. The van der Waals surface area contributed by atoms with Crippen molar-refractivity contribution in [2.24, 2.45) is 0 Å². The molecule has 2 aromatic rings. The van der Waals surface area contributed by atoms with Crippen molar-refractivity contribution in [3.63, 3.8) is 0 Å². The van der Waals surface area contributed by atoms with E-state index in [1.54, 1.807) is 7.11 Å². The fraction of sp³-hybridized carbons (Fsp3) is 0.500. The van der Waals surface area contributed by atoms with Crippen LogP contribution in [0.1, 0.15) is 28.0 Å². The summed E-state index contributed by atoms with van der Waals surface area (Å²) in [4.78, 5) is 32.3. The van der Waals surface area contributed by atoms with Gasteiger partial charge in [0.2, 0.25) is 0 Å². The molecule has 0 saturated carbocycles. The van der Waals surface area contributed by atoms with E-state index in [1.165, 1.54) is 18.4 Å². The minimum Gasteiger partial charge on any atom is -0.465 e. The molecule has 22 heavy (non-hydrogen) atoms. The molecule has 0 spiro atoms. The number of esters is 1. The van der Waals surface area contributed by atoms with Gasteiger partial charge < -0.3 is 19.8 Å². The van der Waals surface area contributed by atoms with Gasteiger partial charge in [-0.05, 0) is 12.0 Å². The van der Waals surface area contributed by atoms with Gasteiger partial charge in [-0.15, -0.1) is 11.3 Å². The molecule has 0 aliphatic heterocycles. The first kappa shape index (κ1) is 16.6. The summed E-state index contributed by atoms with van der Waals surface area (Å²) in [5.41, 5.74) is 0.469. The number of ether oxygens (including phenoxy) is 2. The molecular formula is C14H19N3O4S. The lowest BCUT2D eigenvalue weighted by molar-refractivity contribution is 0.0605. The summed E-state index contributed by atoms with van der Waals surface area (Å²) in [6, 6.07) is 0. The van der Waals surface area contributed by atoms with Crippen molar-refractivity contribution < 1.29 is 14.3 Å². The van der Waals surface area contributed by atoms with Crippen molar-refractivity contribution in [2.45, 2.75) is 19.9 Å². The molecule has 2 heterocycles. The number of carbonyl (C=O) groups excluding carboxylic acids is 1. The van der Waals surface area contributed by atoms with Crippen molar-refractivity contribution in [3.05, 3.63) is 26.6 Å². The van der Waals surface area contributed by atoms with Gasteiger partial charge in [-0.2, -0.15) is 0 Å². The van der Waals surface area contributed by atoms with Gasteiger partial charge in [0, 0.05) is 13.7 Å². The number of aromatic nitrogens is 2. The van der Waals surface area contributed by atoms with Gasteiger partial charge in [0.05, 0.1) is 25.6 Å². The van der Waals surface area contributed by atoms with Gasteiger partial charge >= 0.3 is 5.97 Å². The maximum absolute atomic E-state index is 12.3. The highest BCUT2D eigenvalue weighted by atomic mass is 32.1. The van der Waals surface area contributed by atoms with Gasteiger partial charge in [0.25, 0.3) is 5.56 Å². The smallest absolute Gasteiger partial charge is 0.348 e. The molecule has 0 unspecified atom stereocenters. The number of hydrogen-bond acceptors (Lipinski definition) is 7. The number of H-pyrrole nitrogens is 1. The largest absolute Gasteiger partial charge is 0.465 e. The van der Waals surface area contributed by atoms with E-state index in [0.29, 0.717) is 52.6 Å². The first-order valence-corrected chi connectivity index (χ1v) is 7.76. The average Bonchev–Trinajstić information content (AvgIpc) is 2.89. The number of nitrogens with zero attached hydrogens (tertiary/aromatic N) is 1. The molecule has 0 amide bonds. The summed E-state index contributed by atoms with van der Waals surface area (Å²) in [5, 5.41) is 3.60. The van der Waals surface area contributed by atoms with E-state index in [9.17, 15) is 9.59 Å². The number of nitrogens with one attached hydrogen (secondary N) is 2. The first-order chi connectivity index (χ1) is 10.6. The number of aromatic amines is 1. The zero-order valence-corrected chi connectivity index (χ0v) is 13.6. The van der Waals surface area contributed by atoms with Crippen molar-refractivity contribution in [2.75, 3.05) is 27.4 Å². The molecule has 0 aromatic carbocycles. The highest BCUT2D eigenvalue weighted by molar-refractivity contribution is 7.20. The summed E-state index contributed by atoms with van der Waals surface area (Å²) in [7, 11) is 2.95. The first-order valence-electron chi connectivity index (χ1n) is 6.94. The second-order valence-electron chi connectivity index (χ2n) is 4.62. The molecule has 2 N–H and O–H groups in total. The molecule has 7 nitrogen and oxygen atoms in total. The summed E-state index contributed by atoms with van der Waals surface area (Å²) in [5.74, 6) is 0.105. The Morgan fingerprint density at radius 1 is 1.41 bits per heavy atom. The fourth-order valence-corrected chi connectivity index (χ4v) is 3.37. The lowest BCUT2D eigenvalue weighted by atomic mass is 10.1. The Balaban J connectivity index is 2.38. The van der Waals surface area contributed by atoms with Crippen LogP contribution in [0.5, 0.6) is 0 Å². The van der Waals surface area contributed by atoms with Crippen LogP contribution in [-0.4, -0.2) is 43.3 Å². The van der Waals surface area contributed by atoms with Crippen molar-refractivity contribution in [1.29, 1.82) is 0 Å². The maximum atomic E-state index is 12.3. The Bertz CT molecular complexity index is 723. The number of carbonyl (C=O) groups is 1. The number of thiophene rings is 1. The predicted molar refractivity (Wildman–Crippen MR) is 84.5 cm³/mol. The molecule has 0 atom stereocenters. The van der Waals surface area contributed by atoms with Crippen LogP contribution in [0.15, 0.2) is 4.79 Å². The molecule has 0 bridgehead atoms. The van der Waals surface area contributed by atoms with Gasteiger partial charge in [0.15, 0.2) is 0 Å². The van der Waals surface area contributed by atoms with Crippen molar-refractivity contribution in [1.82, 2.24) is 15.3 Å². The standard InChI is InChI=1S/C14H19N3O4S/c1-4-8-10-12(18)16-9(7-15-5-6-20-2)17-13(10)22-11(8)14(19)21-3/h15H,4-7H2,1-3H3,(H,16,17,18). The monoisotopic (exact) mass is 325 g/mol. The average molecular weight is 325 g/mol. The van der Waals surface area contributed by atoms with E-state index in [1.807, 2.05) is 6.92 Å². The highest BCUT2D eigenvalue weighted by Crippen LogP contribution is 2.28. The molecule has 2 rings (SSSR count). The Morgan fingerprint density at radius 3 is 2.82 bits per heavy atom. The number of aryl methyl sites for hydroxylation is 1. The zero-order chi connectivity index (χ0) is 16.1. The van der Waals surface area contributed by atoms with Crippen molar-refractivity contribution >= 4 is 27.5 Å². The van der Waals surface area contributed by atoms with Crippen LogP contribution in [-0.2, 0) is 22.4 Å². The normalized spacial score (nSPS) is 11.0. The third-order valence-electron chi connectivity index (χ3n) is 3.21. The molecule has 0 fully saturated rings. The van der Waals surface area contributed by atoms with Gasteiger partial charge in [-0.25, -0.2) is 9.78 Å². The molecule has 0 radical (unpaired) electrons. The van der Waals surface area contributed by atoms with Gasteiger partial charge in [-0.1, -0.05) is 6.92 Å². The Kier molecular flexibility index (Phi) is 5.64. The van der Waals surface area contributed by atoms with Crippen molar-refractivity contribution in [3.8, 4) is 0 Å². The SMILES string of the molecule is CCc1c(C(=O)OC)sc2nc(CNCCOC)[nH]c(=O)c12. The third kappa shape index (κ3) is 3.34. The minimum atomic E-state index is -0.431.